The number of pyridine rings is 1. The molecule has 1 heterocycles. The minimum absolute atomic E-state index is 0.182. The van der Waals surface area contributed by atoms with Gasteiger partial charge in [-0.05, 0) is 23.8 Å². The first kappa shape index (κ1) is 17.9. The summed E-state index contributed by atoms with van der Waals surface area (Å²) in [6.07, 6.45) is -3.31. The predicted molar refractivity (Wildman–Crippen MR) is 101 cm³/mol. The molecule has 2 nitrogen and oxygen atoms in total. The Hall–Kier alpha value is -3.47. The SMILES string of the molecule is O=C(c1ccccc1)c1cnc2c(C(F)(F)F)cccc2c1-c1c[c]ccc1. The summed E-state index contributed by atoms with van der Waals surface area (Å²) in [5, 5.41) is 0.274. The summed E-state index contributed by atoms with van der Waals surface area (Å²) in [6.45, 7) is 0. The lowest BCUT2D eigenvalue weighted by Crippen LogP contribution is -2.09. The summed E-state index contributed by atoms with van der Waals surface area (Å²) >= 11 is 0. The van der Waals surface area contributed by atoms with E-state index < -0.39 is 11.7 Å². The van der Waals surface area contributed by atoms with E-state index in [4.69, 9.17) is 0 Å². The predicted octanol–water partition coefficient (Wildman–Crippen LogP) is 5.95. The molecule has 0 aliphatic carbocycles. The van der Waals surface area contributed by atoms with Crippen molar-refractivity contribution in [3.63, 3.8) is 0 Å². The molecule has 4 rings (SSSR count). The van der Waals surface area contributed by atoms with E-state index in [1.54, 1.807) is 60.7 Å². The maximum Gasteiger partial charge on any atom is 0.418 e. The Bertz CT molecular complexity index is 1150. The molecule has 3 aromatic carbocycles. The van der Waals surface area contributed by atoms with Gasteiger partial charge in [0.1, 0.15) is 0 Å². The number of alkyl halides is 3. The number of hydrogen-bond donors (Lipinski definition) is 0. The quantitative estimate of drug-likeness (QED) is 0.414. The summed E-state index contributed by atoms with van der Waals surface area (Å²) < 4.78 is 40.4. The molecule has 0 bridgehead atoms. The van der Waals surface area contributed by atoms with Crippen molar-refractivity contribution in [1.29, 1.82) is 0 Å². The third kappa shape index (κ3) is 3.16. The first-order chi connectivity index (χ1) is 13.5. The van der Waals surface area contributed by atoms with Crippen LogP contribution in [0.3, 0.4) is 0 Å². The second-order valence-electron chi connectivity index (χ2n) is 6.23. The molecule has 0 aliphatic rings. The Morgan fingerprint density at radius 3 is 2.39 bits per heavy atom. The molecule has 0 unspecified atom stereocenters. The van der Waals surface area contributed by atoms with Crippen molar-refractivity contribution < 1.29 is 18.0 Å². The molecule has 0 spiro atoms. The largest absolute Gasteiger partial charge is 0.418 e. The highest BCUT2D eigenvalue weighted by Crippen LogP contribution is 2.38. The monoisotopic (exact) mass is 376 g/mol. The number of aromatic nitrogens is 1. The number of halogens is 3. The summed E-state index contributed by atoms with van der Waals surface area (Å²) in [5.74, 6) is -0.300. The van der Waals surface area contributed by atoms with Crippen LogP contribution in [0, 0.1) is 6.07 Å². The lowest BCUT2D eigenvalue weighted by Gasteiger charge is -2.15. The number of ketones is 1. The fraction of sp³-hybridized carbons (Fsp3) is 0.0435. The van der Waals surface area contributed by atoms with Crippen molar-refractivity contribution in [3.8, 4) is 11.1 Å². The van der Waals surface area contributed by atoms with Gasteiger partial charge >= 0.3 is 6.18 Å². The van der Waals surface area contributed by atoms with Crippen LogP contribution in [0.25, 0.3) is 22.0 Å². The standard InChI is InChI=1S/C23H13F3NO/c24-23(25,26)19-13-7-12-17-20(15-8-3-1-4-9-15)18(14-27-21(17)19)22(28)16-10-5-2-6-11-16/h1-3,5-14H. The van der Waals surface area contributed by atoms with Gasteiger partial charge in [-0.25, -0.2) is 0 Å². The van der Waals surface area contributed by atoms with E-state index in [-0.39, 0.29) is 22.2 Å². The molecule has 4 aromatic rings. The zero-order chi connectivity index (χ0) is 19.7. The van der Waals surface area contributed by atoms with E-state index in [0.29, 0.717) is 16.7 Å². The number of carbonyl (C=O) groups is 1. The molecule has 28 heavy (non-hydrogen) atoms. The molecule has 1 radical (unpaired) electrons. The number of fused-ring (bicyclic) bond motifs is 1. The van der Waals surface area contributed by atoms with E-state index in [1.807, 2.05) is 0 Å². The lowest BCUT2D eigenvalue weighted by atomic mass is 9.91. The Kier molecular flexibility index (Phi) is 4.43. The van der Waals surface area contributed by atoms with Crippen LogP contribution in [0.5, 0.6) is 0 Å². The van der Waals surface area contributed by atoms with Gasteiger partial charge in [0.15, 0.2) is 5.78 Å². The smallest absolute Gasteiger partial charge is 0.289 e. The number of hydrogen-bond acceptors (Lipinski definition) is 2. The fourth-order valence-corrected chi connectivity index (χ4v) is 3.23. The lowest BCUT2D eigenvalue weighted by molar-refractivity contribution is -0.136. The second-order valence-corrected chi connectivity index (χ2v) is 6.23. The average molecular weight is 376 g/mol. The molecule has 5 heteroatoms. The second kappa shape index (κ2) is 6.93. The van der Waals surface area contributed by atoms with E-state index in [0.717, 1.165) is 6.07 Å². The van der Waals surface area contributed by atoms with Gasteiger partial charge in [0.2, 0.25) is 0 Å². The van der Waals surface area contributed by atoms with Crippen molar-refractivity contribution in [2.75, 3.05) is 0 Å². The van der Waals surface area contributed by atoms with Gasteiger partial charge in [0, 0.05) is 28.3 Å². The van der Waals surface area contributed by atoms with Gasteiger partial charge in [-0.1, -0.05) is 60.7 Å². The summed E-state index contributed by atoms with van der Waals surface area (Å²) in [7, 11) is 0. The van der Waals surface area contributed by atoms with Crippen LogP contribution in [-0.4, -0.2) is 10.8 Å². The third-order valence-electron chi connectivity index (χ3n) is 4.48. The van der Waals surface area contributed by atoms with Crippen LogP contribution in [0.4, 0.5) is 13.2 Å². The molecule has 1 aromatic heterocycles. The molecule has 0 saturated heterocycles. The molecular weight excluding hydrogens is 363 g/mol. The Balaban J connectivity index is 2.05. The van der Waals surface area contributed by atoms with E-state index in [9.17, 15) is 18.0 Å². The molecule has 0 aliphatic heterocycles. The minimum atomic E-state index is -4.54. The Morgan fingerprint density at radius 1 is 0.929 bits per heavy atom. The number of carbonyl (C=O) groups excluding carboxylic acids is 1. The normalized spacial score (nSPS) is 11.5. The van der Waals surface area contributed by atoms with Gasteiger partial charge in [0.05, 0.1) is 11.1 Å². The third-order valence-corrected chi connectivity index (χ3v) is 4.48. The van der Waals surface area contributed by atoms with Crippen molar-refractivity contribution in [2.24, 2.45) is 0 Å². The first-order valence-electron chi connectivity index (χ1n) is 8.52. The average Bonchev–Trinajstić information content (AvgIpc) is 2.72. The van der Waals surface area contributed by atoms with Gasteiger partial charge in [0.25, 0.3) is 0 Å². The van der Waals surface area contributed by atoms with E-state index in [1.165, 1.54) is 12.3 Å². The minimum Gasteiger partial charge on any atom is -0.289 e. The topological polar surface area (TPSA) is 30.0 Å². The molecule has 0 amide bonds. The molecule has 0 fully saturated rings. The number of para-hydroxylation sites is 1. The highest BCUT2D eigenvalue weighted by Gasteiger charge is 2.34. The van der Waals surface area contributed by atoms with Crippen molar-refractivity contribution >= 4 is 16.7 Å². The molecule has 0 N–H and O–H groups in total. The molecule has 0 saturated carbocycles. The van der Waals surface area contributed by atoms with Crippen LogP contribution in [0.1, 0.15) is 21.5 Å². The number of benzene rings is 3. The highest BCUT2D eigenvalue weighted by molar-refractivity contribution is 6.16. The van der Waals surface area contributed by atoms with Crippen LogP contribution in [0.2, 0.25) is 0 Å². The van der Waals surface area contributed by atoms with Crippen LogP contribution < -0.4 is 0 Å². The van der Waals surface area contributed by atoms with E-state index >= 15 is 0 Å². The zero-order valence-corrected chi connectivity index (χ0v) is 14.5. The van der Waals surface area contributed by atoms with Gasteiger partial charge < -0.3 is 0 Å². The summed E-state index contributed by atoms with van der Waals surface area (Å²) in [6, 6.07) is 22.2. The van der Waals surface area contributed by atoms with Gasteiger partial charge in [-0.15, -0.1) is 0 Å². The highest BCUT2D eigenvalue weighted by atomic mass is 19.4. The first-order valence-corrected chi connectivity index (χ1v) is 8.52. The fourth-order valence-electron chi connectivity index (χ4n) is 3.23. The Labute approximate surface area is 159 Å². The van der Waals surface area contributed by atoms with Crippen molar-refractivity contribution in [2.45, 2.75) is 6.18 Å². The number of rotatable bonds is 3. The number of nitrogens with zero attached hydrogens (tertiary/aromatic N) is 1. The van der Waals surface area contributed by atoms with Crippen molar-refractivity contribution in [1.82, 2.24) is 4.98 Å². The van der Waals surface area contributed by atoms with Crippen LogP contribution >= 0.6 is 0 Å². The zero-order valence-electron chi connectivity index (χ0n) is 14.5. The maximum atomic E-state index is 13.5. The molecular formula is C23H13F3NO. The van der Waals surface area contributed by atoms with Crippen LogP contribution in [0.15, 0.2) is 79.0 Å². The van der Waals surface area contributed by atoms with E-state index in [2.05, 4.69) is 11.1 Å². The molecule has 137 valence electrons. The summed E-state index contributed by atoms with van der Waals surface area (Å²) in [5.41, 5.74) is 0.702. The van der Waals surface area contributed by atoms with Crippen molar-refractivity contribution in [3.05, 3.63) is 102 Å². The maximum absolute atomic E-state index is 13.5. The summed E-state index contributed by atoms with van der Waals surface area (Å²) in [4.78, 5) is 17.1. The van der Waals surface area contributed by atoms with Gasteiger partial charge in [-0.2, -0.15) is 13.2 Å². The van der Waals surface area contributed by atoms with Crippen LogP contribution in [-0.2, 0) is 6.18 Å². The Morgan fingerprint density at radius 2 is 1.71 bits per heavy atom. The molecule has 0 atom stereocenters. The van der Waals surface area contributed by atoms with Gasteiger partial charge in [-0.3, -0.25) is 9.78 Å².